The number of fused-ring (bicyclic) bond motifs is 1. The first-order valence-corrected chi connectivity index (χ1v) is 8.25. The summed E-state index contributed by atoms with van der Waals surface area (Å²) in [6.45, 7) is 1.66. The lowest BCUT2D eigenvalue weighted by Gasteiger charge is -2.06. The van der Waals surface area contributed by atoms with Gasteiger partial charge in [-0.1, -0.05) is 15.9 Å². The summed E-state index contributed by atoms with van der Waals surface area (Å²) in [4.78, 5) is 27.6. The number of halogens is 1. The van der Waals surface area contributed by atoms with Crippen LogP contribution in [0.15, 0.2) is 50.8 Å². The third kappa shape index (κ3) is 3.33. The lowest BCUT2D eigenvalue weighted by molar-refractivity contribution is -0.385. The van der Waals surface area contributed by atoms with Crippen molar-refractivity contribution in [1.29, 1.82) is 0 Å². The molecule has 9 heteroatoms. The third-order valence-electron chi connectivity index (χ3n) is 3.69. The Bertz CT molecular complexity index is 1110. The number of nitrogens with zero attached hydrogens (tertiary/aromatic N) is 4. The van der Waals surface area contributed by atoms with E-state index in [-0.39, 0.29) is 17.0 Å². The van der Waals surface area contributed by atoms with Crippen molar-refractivity contribution < 1.29 is 9.66 Å². The lowest BCUT2D eigenvalue weighted by Crippen LogP contribution is -2.20. The number of nitro groups is 1. The first-order valence-electron chi connectivity index (χ1n) is 7.46. The Labute approximate surface area is 156 Å². The number of methoxy groups -OCH3 is 1. The van der Waals surface area contributed by atoms with Gasteiger partial charge < -0.3 is 4.74 Å². The van der Waals surface area contributed by atoms with Crippen LogP contribution in [0.4, 0.5) is 5.69 Å². The molecule has 1 aromatic heterocycles. The molecule has 3 rings (SSSR count). The van der Waals surface area contributed by atoms with Gasteiger partial charge in [0.05, 0.1) is 29.2 Å². The molecule has 26 heavy (non-hydrogen) atoms. The summed E-state index contributed by atoms with van der Waals surface area (Å²) in [6, 6.07) is 9.64. The Balaban J connectivity index is 2.07. The quantitative estimate of drug-likeness (QED) is 0.369. The summed E-state index contributed by atoms with van der Waals surface area (Å²) >= 11 is 3.33. The SMILES string of the molecule is COc1ccc(C=Nn2c(C)nc3ccc(Br)cc3c2=O)cc1[N+](=O)[O-]. The van der Waals surface area contributed by atoms with E-state index in [1.54, 1.807) is 31.2 Å². The summed E-state index contributed by atoms with van der Waals surface area (Å²) in [7, 11) is 1.36. The van der Waals surface area contributed by atoms with Gasteiger partial charge in [0.1, 0.15) is 5.82 Å². The molecule has 0 aliphatic heterocycles. The molecular formula is C17H13BrN4O4. The molecule has 1 heterocycles. The first kappa shape index (κ1) is 17.7. The number of hydrogen-bond donors (Lipinski definition) is 0. The van der Waals surface area contributed by atoms with E-state index < -0.39 is 4.92 Å². The molecule has 3 aromatic rings. The van der Waals surface area contributed by atoms with Gasteiger partial charge in [0, 0.05) is 16.1 Å². The number of aromatic nitrogens is 2. The van der Waals surface area contributed by atoms with E-state index >= 15 is 0 Å². The summed E-state index contributed by atoms with van der Waals surface area (Å²) < 4.78 is 6.88. The minimum absolute atomic E-state index is 0.151. The first-order chi connectivity index (χ1) is 12.4. The van der Waals surface area contributed by atoms with Crippen LogP contribution in [0, 0.1) is 17.0 Å². The third-order valence-corrected chi connectivity index (χ3v) is 4.19. The summed E-state index contributed by atoms with van der Waals surface area (Å²) in [5.41, 5.74) is 0.523. The number of nitro benzene ring substituents is 1. The van der Waals surface area contributed by atoms with E-state index in [1.165, 1.54) is 25.5 Å². The van der Waals surface area contributed by atoms with Crippen LogP contribution in [0.3, 0.4) is 0 Å². The van der Waals surface area contributed by atoms with E-state index in [2.05, 4.69) is 26.0 Å². The van der Waals surface area contributed by atoms with Crippen LogP contribution in [0.2, 0.25) is 0 Å². The van der Waals surface area contributed by atoms with Crippen molar-refractivity contribution in [1.82, 2.24) is 9.66 Å². The maximum absolute atomic E-state index is 12.7. The minimum atomic E-state index is -0.539. The van der Waals surface area contributed by atoms with Crippen LogP contribution in [-0.2, 0) is 0 Å². The zero-order chi connectivity index (χ0) is 18.8. The van der Waals surface area contributed by atoms with Crippen molar-refractivity contribution in [2.45, 2.75) is 6.92 Å². The average molecular weight is 417 g/mol. The van der Waals surface area contributed by atoms with E-state index in [1.807, 2.05) is 0 Å². The van der Waals surface area contributed by atoms with E-state index in [0.29, 0.717) is 22.3 Å². The molecule has 8 nitrogen and oxygen atoms in total. The zero-order valence-electron chi connectivity index (χ0n) is 13.8. The van der Waals surface area contributed by atoms with Crippen LogP contribution < -0.4 is 10.3 Å². The van der Waals surface area contributed by atoms with Crippen molar-refractivity contribution in [3.63, 3.8) is 0 Å². The number of aryl methyl sites for hydroxylation is 1. The number of ether oxygens (including phenoxy) is 1. The second-order valence-corrected chi connectivity index (χ2v) is 6.29. The van der Waals surface area contributed by atoms with Crippen molar-refractivity contribution in [3.8, 4) is 5.75 Å². The van der Waals surface area contributed by atoms with Crippen LogP contribution in [0.1, 0.15) is 11.4 Å². The van der Waals surface area contributed by atoms with E-state index in [9.17, 15) is 14.9 Å². The predicted molar refractivity (Wildman–Crippen MR) is 101 cm³/mol. The fourth-order valence-electron chi connectivity index (χ4n) is 2.45. The van der Waals surface area contributed by atoms with Crippen molar-refractivity contribution in [2.75, 3.05) is 7.11 Å². The summed E-state index contributed by atoms with van der Waals surface area (Å²) in [5, 5.41) is 15.7. The molecule has 0 fully saturated rings. The Morgan fingerprint density at radius 1 is 1.31 bits per heavy atom. The molecule has 132 valence electrons. The molecule has 0 spiro atoms. The smallest absolute Gasteiger partial charge is 0.311 e. The molecule has 0 amide bonds. The Morgan fingerprint density at radius 3 is 2.77 bits per heavy atom. The van der Waals surface area contributed by atoms with E-state index in [0.717, 1.165) is 9.15 Å². The molecule has 0 radical (unpaired) electrons. The molecule has 0 saturated carbocycles. The topological polar surface area (TPSA) is 99.6 Å². The molecule has 0 N–H and O–H groups in total. The Kier molecular flexibility index (Phi) is 4.81. The van der Waals surface area contributed by atoms with Gasteiger partial charge in [-0.2, -0.15) is 9.78 Å². The highest BCUT2D eigenvalue weighted by molar-refractivity contribution is 9.10. The fourth-order valence-corrected chi connectivity index (χ4v) is 2.81. The standard InChI is InChI=1S/C17H13BrN4O4/c1-10-20-14-5-4-12(18)8-13(14)17(23)21(10)19-9-11-3-6-16(26-2)15(7-11)22(24)25/h3-9H,1-2H3. The van der Waals surface area contributed by atoms with Gasteiger partial charge in [0.25, 0.3) is 5.56 Å². The molecule has 2 aromatic carbocycles. The molecule has 0 unspecified atom stereocenters. The molecule has 0 aliphatic carbocycles. The molecule has 0 aliphatic rings. The molecular weight excluding hydrogens is 404 g/mol. The number of benzene rings is 2. The zero-order valence-corrected chi connectivity index (χ0v) is 15.4. The highest BCUT2D eigenvalue weighted by Gasteiger charge is 2.14. The van der Waals surface area contributed by atoms with Crippen LogP contribution >= 0.6 is 15.9 Å². The highest BCUT2D eigenvalue weighted by atomic mass is 79.9. The van der Waals surface area contributed by atoms with Gasteiger partial charge in [-0.3, -0.25) is 14.9 Å². The van der Waals surface area contributed by atoms with Gasteiger partial charge >= 0.3 is 5.69 Å². The predicted octanol–water partition coefficient (Wildman–Crippen LogP) is 3.27. The second-order valence-electron chi connectivity index (χ2n) is 5.37. The van der Waals surface area contributed by atoms with Gasteiger partial charge in [0.15, 0.2) is 5.75 Å². The van der Waals surface area contributed by atoms with Gasteiger partial charge in [-0.25, -0.2) is 4.98 Å². The largest absolute Gasteiger partial charge is 0.490 e. The van der Waals surface area contributed by atoms with Crippen LogP contribution in [0.25, 0.3) is 10.9 Å². The van der Waals surface area contributed by atoms with Gasteiger partial charge in [-0.15, -0.1) is 0 Å². The average Bonchev–Trinajstić information content (AvgIpc) is 2.62. The number of rotatable bonds is 4. The monoisotopic (exact) mass is 416 g/mol. The number of hydrogen-bond acceptors (Lipinski definition) is 6. The van der Waals surface area contributed by atoms with Gasteiger partial charge in [0.2, 0.25) is 0 Å². The van der Waals surface area contributed by atoms with Crippen LogP contribution in [0.5, 0.6) is 5.75 Å². The second kappa shape index (κ2) is 7.04. The minimum Gasteiger partial charge on any atom is -0.490 e. The maximum Gasteiger partial charge on any atom is 0.311 e. The lowest BCUT2D eigenvalue weighted by atomic mass is 10.2. The van der Waals surface area contributed by atoms with Gasteiger partial charge in [-0.05, 0) is 37.3 Å². The highest BCUT2D eigenvalue weighted by Crippen LogP contribution is 2.26. The van der Waals surface area contributed by atoms with Crippen molar-refractivity contribution in [2.24, 2.45) is 5.10 Å². The molecule has 0 atom stereocenters. The normalized spacial score (nSPS) is 11.2. The Hall–Kier alpha value is -3.07. The van der Waals surface area contributed by atoms with E-state index in [4.69, 9.17) is 4.74 Å². The van der Waals surface area contributed by atoms with Crippen molar-refractivity contribution >= 4 is 38.7 Å². The summed E-state index contributed by atoms with van der Waals surface area (Å²) in [5.74, 6) is 0.557. The fraction of sp³-hybridized carbons (Fsp3) is 0.118. The maximum atomic E-state index is 12.7. The molecule has 0 bridgehead atoms. The summed E-state index contributed by atoms with van der Waals surface area (Å²) in [6.07, 6.45) is 1.37. The van der Waals surface area contributed by atoms with Crippen LogP contribution in [-0.4, -0.2) is 27.9 Å². The Morgan fingerprint density at radius 2 is 2.08 bits per heavy atom. The molecule has 0 saturated heterocycles. The van der Waals surface area contributed by atoms with Crippen molar-refractivity contribution in [3.05, 3.63) is 72.7 Å².